The van der Waals surface area contributed by atoms with Crippen LogP contribution in [0.25, 0.3) is 0 Å². The highest BCUT2D eigenvalue weighted by molar-refractivity contribution is 5.81. The fourth-order valence-corrected chi connectivity index (χ4v) is 3.67. The summed E-state index contributed by atoms with van der Waals surface area (Å²) in [5.41, 5.74) is 6.90. The average Bonchev–Trinajstić information content (AvgIpc) is 3.12. The molecule has 0 aliphatic carbocycles. The van der Waals surface area contributed by atoms with Crippen molar-refractivity contribution in [3.05, 3.63) is 30.3 Å². The van der Waals surface area contributed by atoms with Gasteiger partial charge >= 0.3 is 0 Å². The second kappa shape index (κ2) is 8.65. The van der Waals surface area contributed by atoms with Crippen LogP contribution in [0.3, 0.4) is 0 Å². The predicted octanol–water partition coefficient (Wildman–Crippen LogP) is 0.820. The predicted molar refractivity (Wildman–Crippen MR) is 99.6 cm³/mol. The SMILES string of the molecule is CC(CN1CCN(c2ccccc2)CC1)NC(=O)[C@@H]1CC[C@H](CN)O1. The molecule has 1 amide bonds. The molecule has 6 heteroatoms. The van der Waals surface area contributed by atoms with Gasteiger partial charge < -0.3 is 20.7 Å². The van der Waals surface area contributed by atoms with E-state index in [1.165, 1.54) is 5.69 Å². The van der Waals surface area contributed by atoms with Crippen LogP contribution in [-0.4, -0.2) is 68.3 Å². The number of amides is 1. The topological polar surface area (TPSA) is 70.8 Å². The highest BCUT2D eigenvalue weighted by Gasteiger charge is 2.30. The lowest BCUT2D eigenvalue weighted by molar-refractivity contribution is -0.132. The molecule has 3 rings (SSSR count). The van der Waals surface area contributed by atoms with Gasteiger partial charge in [0.25, 0.3) is 0 Å². The van der Waals surface area contributed by atoms with Crippen LogP contribution in [0.1, 0.15) is 19.8 Å². The van der Waals surface area contributed by atoms with E-state index in [9.17, 15) is 4.79 Å². The fourth-order valence-electron chi connectivity index (χ4n) is 3.67. The molecule has 138 valence electrons. The summed E-state index contributed by atoms with van der Waals surface area (Å²) in [5.74, 6) is 0.00590. The summed E-state index contributed by atoms with van der Waals surface area (Å²) in [7, 11) is 0. The third kappa shape index (κ3) is 4.93. The molecule has 1 aromatic rings. The standard InChI is InChI=1S/C19H30N4O2/c1-15(21-19(24)18-8-7-17(13-20)25-18)14-22-9-11-23(12-10-22)16-5-3-2-4-6-16/h2-6,15,17-18H,7-14,20H2,1H3,(H,21,24)/t15?,17-,18+/m1/s1. The van der Waals surface area contributed by atoms with Crippen molar-refractivity contribution in [1.82, 2.24) is 10.2 Å². The van der Waals surface area contributed by atoms with Crippen molar-refractivity contribution in [1.29, 1.82) is 0 Å². The second-order valence-electron chi connectivity index (χ2n) is 7.09. The first-order chi connectivity index (χ1) is 12.2. The molecule has 0 saturated carbocycles. The van der Waals surface area contributed by atoms with Crippen molar-refractivity contribution in [2.45, 2.75) is 38.0 Å². The summed E-state index contributed by atoms with van der Waals surface area (Å²) in [5, 5.41) is 3.10. The zero-order valence-corrected chi connectivity index (χ0v) is 15.1. The van der Waals surface area contributed by atoms with E-state index in [0.29, 0.717) is 6.54 Å². The quantitative estimate of drug-likeness (QED) is 0.798. The molecule has 0 bridgehead atoms. The Hall–Kier alpha value is -1.63. The Kier molecular flexibility index (Phi) is 6.29. The normalized spacial score (nSPS) is 25.8. The maximum absolute atomic E-state index is 12.3. The maximum Gasteiger partial charge on any atom is 0.249 e. The van der Waals surface area contributed by atoms with Crippen LogP contribution in [0.4, 0.5) is 5.69 Å². The van der Waals surface area contributed by atoms with E-state index in [2.05, 4.69) is 46.3 Å². The van der Waals surface area contributed by atoms with Gasteiger partial charge in [-0.1, -0.05) is 18.2 Å². The molecule has 2 aliphatic rings. The molecule has 2 fully saturated rings. The van der Waals surface area contributed by atoms with Gasteiger partial charge in [-0.3, -0.25) is 9.69 Å². The molecule has 6 nitrogen and oxygen atoms in total. The number of hydrogen-bond donors (Lipinski definition) is 2. The Morgan fingerprint density at radius 2 is 1.96 bits per heavy atom. The fraction of sp³-hybridized carbons (Fsp3) is 0.632. The van der Waals surface area contributed by atoms with E-state index in [4.69, 9.17) is 10.5 Å². The highest BCUT2D eigenvalue weighted by Crippen LogP contribution is 2.19. The summed E-state index contributed by atoms with van der Waals surface area (Å²) in [4.78, 5) is 17.1. The zero-order valence-electron chi connectivity index (χ0n) is 15.1. The number of para-hydroxylation sites is 1. The van der Waals surface area contributed by atoms with Crippen LogP contribution >= 0.6 is 0 Å². The molecule has 2 heterocycles. The lowest BCUT2D eigenvalue weighted by atomic mass is 10.1. The summed E-state index contributed by atoms with van der Waals surface area (Å²) in [6.45, 7) is 7.51. The van der Waals surface area contributed by atoms with Gasteiger partial charge in [0.05, 0.1) is 6.10 Å². The largest absolute Gasteiger partial charge is 0.369 e. The van der Waals surface area contributed by atoms with Crippen LogP contribution in [0.15, 0.2) is 30.3 Å². The van der Waals surface area contributed by atoms with E-state index in [1.807, 2.05) is 6.07 Å². The Morgan fingerprint density at radius 3 is 2.60 bits per heavy atom. The molecule has 0 spiro atoms. The summed E-state index contributed by atoms with van der Waals surface area (Å²) in [6, 6.07) is 10.7. The Bertz CT molecular complexity index is 546. The lowest BCUT2D eigenvalue weighted by Gasteiger charge is -2.37. The van der Waals surface area contributed by atoms with Gasteiger partial charge in [0.2, 0.25) is 5.91 Å². The van der Waals surface area contributed by atoms with Crippen LogP contribution in [-0.2, 0) is 9.53 Å². The maximum atomic E-state index is 12.3. The zero-order chi connectivity index (χ0) is 17.6. The van der Waals surface area contributed by atoms with Gasteiger partial charge in [-0.2, -0.15) is 0 Å². The number of nitrogens with one attached hydrogen (secondary N) is 1. The first-order valence-electron chi connectivity index (χ1n) is 9.34. The number of anilines is 1. The number of piperazine rings is 1. The molecule has 0 radical (unpaired) electrons. The number of rotatable bonds is 6. The van der Waals surface area contributed by atoms with Gasteiger partial charge in [0.1, 0.15) is 6.10 Å². The van der Waals surface area contributed by atoms with Crippen LogP contribution < -0.4 is 16.0 Å². The minimum atomic E-state index is -0.328. The minimum absolute atomic E-state index is 0.00590. The molecule has 3 atom stereocenters. The lowest BCUT2D eigenvalue weighted by Crippen LogP contribution is -2.51. The highest BCUT2D eigenvalue weighted by atomic mass is 16.5. The van der Waals surface area contributed by atoms with Crippen LogP contribution in [0.2, 0.25) is 0 Å². The molecule has 1 aromatic carbocycles. The Labute approximate surface area is 150 Å². The molecular weight excluding hydrogens is 316 g/mol. The van der Waals surface area contributed by atoms with Crippen molar-refractivity contribution in [3.63, 3.8) is 0 Å². The number of benzene rings is 1. The first kappa shape index (κ1) is 18.2. The monoisotopic (exact) mass is 346 g/mol. The van der Waals surface area contributed by atoms with E-state index in [1.54, 1.807) is 0 Å². The number of nitrogens with zero attached hydrogens (tertiary/aromatic N) is 2. The van der Waals surface area contributed by atoms with Gasteiger partial charge in [-0.05, 0) is 31.9 Å². The van der Waals surface area contributed by atoms with Crippen LogP contribution in [0, 0.1) is 0 Å². The first-order valence-corrected chi connectivity index (χ1v) is 9.34. The minimum Gasteiger partial charge on any atom is -0.369 e. The Morgan fingerprint density at radius 1 is 1.24 bits per heavy atom. The van der Waals surface area contributed by atoms with Gasteiger partial charge in [-0.25, -0.2) is 0 Å². The molecular formula is C19H30N4O2. The third-order valence-corrected chi connectivity index (χ3v) is 5.08. The third-order valence-electron chi connectivity index (χ3n) is 5.08. The van der Waals surface area contributed by atoms with E-state index >= 15 is 0 Å². The van der Waals surface area contributed by atoms with E-state index in [-0.39, 0.29) is 24.2 Å². The van der Waals surface area contributed by atoms with Crippen molar-refractivity contribution < 1.29 is 9.53 Å². The van der Waals surface area contributed by atoms with Crippen LogP contribution in [0.5, 0.6) is 0 Å². The number of nitrogens with two attached hydrogens (primary N) is 1. The molecule has 0 aromatic heterocycles. The van der Waals surface area contributed by atoms with E-state index in [0.717, 1.165) is 45.6 Å². The van der Waals surface area contributed by atoms with Crippen molar-refractivity contribution in [3.8, 4) is 0 Å². The summed E-state index contributed by atoms with van der Waals surface area (Å²) < 4.78 is 5.67. The van der Waals surface area contributed by atoms with Crippen molar-refractivity contribution in [2.24, 2.45) is 5.73 Å². The average molecular weight is 346 g/mol. The number of hydrogen-bond acceptors (Lipinski definition) is 5. The van der Waals surface area contributed by atoms with Crippen molar-refractivity contribution >= 4 is 11.6 Å². The molecule has 3 N–H and O–H groups in total. The van der Waals surface area contributed by atoms with Gasteiger partial charge in [0.15, 0.2) is 0 Å². The molecule has 2 aliphatic heterocycles. The van der Waals surface area contributed by atoms with E-state index < -0.39 is 0 Å². The number of carbonyl (C=O) groups is 1. The Balaban J connectivity index is 1.39. The smallest absolute Gasteiger partial charge is 0.249 e. The summed E-state index contributed by atoms with van der Waals surface area (Å²) in [6.07, 6.45) is 1.36. The molecule has 25 heavy (non-hydrogen) atoms. The summed E-state index contributed by atoms with van der Waals surface area (Å²) >= 11 is 0. The molecule has 2 saturated heterocycles. The van der Waals surface area contributed by atoms with Gasteiger partial charge in [0, 0.05) is 51.0 Å². The number of ether oxygens (including phenoxy) is 1. The molecule has 1 unspecified atom stereocenters. The second-order valence-corrected chi connectivity index (χ2v) is 7.09. The van der Waals surface area contributed by atoms with Crippen molar-refractivity contribution in [2.75, 3.05) is 44.2 Å². The van der Waals surface area contributed by atoms with Gasteiger partial charge in [-0.15, -0.1) is 0 Å². The number of carbonyl (C=O) groups excluding carboxylic acids is 1.